The van der Waals surface area contributed by atoms with Gasteiger partial charge in [0.05, 0.1) is 12.6 Å². The van der Waals surface area contributed by atoms with Gasteiger partial charge in [0, 0.05) is 51.9 Å². The van der Waals surface area contributed by atoms with E-state index < -0.39 is 0 Å². The highest BCUT2D eigenvalue weighted by molar-refractivity contribution is 5.84. The van der Waals surface area contributed by atoms with Crippen LogP contribution >= 0.6 is 0 Å². The lowest BCUT2D eigenvalue weighted by Crippen LogP contribution is -2.61. The number of aliphatic imine (C=N–C) groups is 1. The highest BCUT2D eigenvalue weighted by Gasteiger charge is 2.40. The molecule has 0 aromatic carbocycles. The fraction of sp³-hybridized carbons (Fsp3) is 0.882. The zero-order valence-electron chi connectivity index (χ0n) is 15.0. The van der Waals surface area contributed by atoms with E-state index in [1.165, 1.54) is 19.4 Å². The highest BCUT2D eigenvalue weighted by atomic mass is 16.5. The van der Waals surface area contributed by atoms with Gasteiger partial charge in [-0.3, -0.25) is 10.4 Å². The first kappa shape index (κ1) is 18.4. The van der Waals surface area contributed by atoms with Gasteiger partial charge in [0.15, 0.2) is 0 Å². The van der Waals surface area contributed by atoms with Crippen LogP contribution in [0.25, 0.3) is 0 Å². The molecule has 2 N–H and O–H groups in total. The van der Waals surface area contributed by atoms with E-state index in [9.17, 15) is 0 Å². The van der Waals surface area contributed by atoms with Crippen LogP contribution in [0.5, 0.6) is 0 Å². The molecule has 0 spiro atoms. The number of nitrogens with zero attached hydrogens (tertiary/aromatic N) is 3. The second-order valence-corrected chi connectivity index (χ2v) is 7.52. The van der Waals surface area contributed by atoms with Crippen LogP contribution in [0.4, 0.5) is 0 Å². The first-order valence-corrected chi connectivity index (χ1v) is 8.67. The number of ether oxygens (including phenoxy) is 1. The van der Waals surface area contributed by atoms with Gasteiger partial charge in [-0.1, -0.05) is 6.92 Å². The van der Waals surface area contributed by atoms with Crippen molar-refractivity contribution in [2.24, 2.45) is 16.3 Å². The Hall–Kier alpha value is -0.980. The van der Waals surface area contributed by atoms with Gasteiger partial charge in [0.1, 0.15) is 5.84 Å². The topological polar surface area (TPSA) is 64.0 Å². The molecule has 0 unspecified atom stereocenters. The summed E-state index contributed by atoms with van der Waals surface area (Å²) in [4.78, 5) is 8.55. The minimum absolute atomic E-state index is 0.0421. The highest BCUT2D eigenvalue weighted by Crippen LogP contribution is 2.32. The average molecular weight is 323 g/mol. The Morgan fingerprint density at radius 3 is 2.70 bits per heavy atom. The van der Waals surface area contributed by atoms with Crippen molar-refractivity contribution in [3.05, 3.63) is 0 Å². The van der Waals surface area contributed by atoms with Crippen LogP contribution in [0.3, 0.4) is 0 Å². The van der Waals surface area contributed by atoms with Crippen LogP contribution in [0.2, 0.25) is 0 Å². The van der Waals surface area contributed by atoms with Gasteiger partial charge in [-0.15, -0.1) is 0 Å². The van der Waals surface area contributed by atoms with E-state index in [2.05, 4.69) is 33.8 Å². The molecule has 0 saturated carbocycles. The Morgan fingerprint density at radius 2 is 2.13 bits per heavy atom. The maximum Gasteiger partial charge on any atom is 0.115 e. The van der Waals surface area contributed by atoms with Crippen LogP contribution in [0.15, 0.2) is 4.99 Å². The Labute approximate surface area is 140 Å². The van der Waals surface area contributed by atoms with E-state index in [4.69, 9.17) is 10.1 Å². The molecular weight excluding hydrogens is 290 g/mol. The average Bonchev–Trinajstić information content (AvgIpc) is 2.51. The zero-order chi connectivity index (χ0) is 16.9. The largest absolute Gasteiger partial charge is 0.381 e. The summed E-state index contributed by atoms with van der Waals surface area (Å²) < 4.78 is 5.44. The maximum absolute atomic E-state index is 8.34. The molecule has 2 heterocycles. The summed E-state index contributed by atoms with van der Waals surface area (Å²) in [5.41, 5.74) is 0.284. The molecule has 2 aliphatic rings. The monoisotopic (exact) mass is 323 g/mol. The number of rotatable bonds is 8. The first-order chi connectivity index (χ1) is 11.0. The molecular formula is C17H33N5O. The normalized spacial score (nSPS) is 23.1. The summed E-state index contributed by atoms with van der Waals surface area (Å²) in [7, 11) is 3.89. The molecule has 0 aromatic heterocycles. The molecule has 2 saturated heterocycles. The quantitative estimate of drug-likeness (QED) is 0.515. The minimum atomic E-state index is -0.0421. The number of nitrogens with one attached hydrogen (secondary N) is 2. The minimum Gasteiger partial charge on any atom is -0.381 e. The SMILES string of the molecule is C=NC[C@H](NC)C(=N)N(C)CC1(C)CN(CC2CCOCC2)C1. The molecule has 0 bridgehead atoms. The number of likely N-dealkylation sites (tertiary alicyclic amines) is 1. The van der Waals surface area contributed by atoms with Gasteiger partial charge >= 0.3 is 0 Å². The number of hydrogen-bond acceptors (Lipinski definition) is 5. The van der Waals surface area contributed by atoms with Crippen molar-refractivity contribution in [1.82, 2.24) is 15.1 Å². The molecule has 0 amide bonds. The number of likely N-dealkylation sites (N-methyl/N-ethyl adjacent to an activating group) is 2. The molecule has 132 valence electrons. The fourth-order valence-electron chi connectivity index (χ4n) is 3.92. The molecule has 2 fully saturated rings. The van der Waals surface area contributed by atoms with Gasteiger partial charge in [0.25, 0.3) is 0 Å². The van der Waals surface area contributed by atoms with Crippen molar-refractivity contribution >= 4 is 12.6 Å². The van der Waals surface area contributed by atoms with Crippen LogP contribution in [0, 0.1) is 16.7 Å². The van der Waals surface area contributed by atoms with Crippen molar-refractivity contribution in [2.45, 2.75) is 25.8 Å². The smallest absolute Gasteiger partial charge is 0.115 e. The zero-order valence-corrected chi connectivity index (χ0v) is 15.0. The standard InChI is InChI=1S/C17H33N5O/c1-17(11-21(4)16(18)15(20-3)9-19-2)12-22(13-17)10-14-5-7-23-8-6-14/h14-15,18,20H,2,5-13H2,1,3-4H3/t15-/m0/s1. The summed E-state index contributed by atoms with van der Waals surface area (Å²) in [5, 5.41) is 11.5. The van der Waals surface area contributed by atoms with Crippen LogP contribution in [-0.2, 0) is 4.74 Å². The molecule has 6 nitrogen and oxygen atoms in total. The van der Waals surface area contributed by atoms with Crippen molar-refractivity contribution in [3.8, 4) is 0 Å². The summed E-state index contributed by atoms with van der Waals surface area (Å²) in [6.45, 7) is 12.7. The van der Waals surface area contributed by atoms with Gasteiger partial charge in [0.2, 0.25) is 0 Å². The van der Waals surface area contributed by atoms with Gasteiger partial charge < -0.3 is 19.9 Å². The molecule has 2 rings (SSSR count). The van der Waals surface area contributed by atoms with Gasteiger partial charge in [-0.25, -0.2) is 0 Å². The Morgan fingerprint density at radius 1 is 1.48 bits per heavy atom. The fourth-order valence-corrected chi connectivity index (χ4v) is 3.92. The van der Waals surface area contributed by atoms with E-state index in [0.29, 0.717) is 12.4 Å². The predicted molar refractivity (Wildman–Crippen MR) is 95.7 cm³/mol. The van der Waals surface area contributed by atoms with E-state index in [1.54, 1.807) is 0 Å². The van der Waals surface area contributed by atoms with Gasteiger partial charge in [-0.05, 0) is 32.5 Å². The summed E-state index contributed by atoms with van der Waals surface area (Å²) in [6, 6.07) is -0.0421. The van der Waals surface area contributed by atoms with Gasteiger partial charge in [-0.2, -0.15) is 0 Å². The van der Waals surface area contributed by atoms with Crippen molar-refractivity contribution in [1.29, 1.82) is 5.41 Å². The van der Waals surface area contributed by atoms with E-state index in [1.807, 2.05) is 14.1 Å². The number of hydrogen-bond donors (Lipinski definition) is 2. The van der Waals surface area contributed by atoms with E-state index in [-0.39, 0.29) is 11.5 Å². The maximum atomic E-state index is 8.34. The van der Waals surface area contributed by atoms with E-state index >= 15 is 0 Å². The molecule has 0 radical (unpaired) electrons. The Balaban J connectivity index is 1.74. The molecule has 1 atom stereocenters. The van der Waals surface area contributed by atoms with Crippen molar-refractivity contribution in [3.63, 3.8) is 0 Å². The Kier molecular flexibility index (Phi) is 6.56. The summed E-state index contributed by atoms with van der Waals surface area (Å²) in [5.74, 6) is 1.40. The molecule has 6 heteroatoms. The third-order valence-electron chi connectivity index (χ3n) is 5.09. The number of amidine groups is 1. The van der Waals surface area contributed by atoms with Crippen LogP contribution < -0.4 is 5.32 Å². The van der Waals surface area contributed by atoms with Crippen LogP contribution in [0.1, 0.15) is 19.8 Å². The summed E-state index contributed by atoms with van der Waals surface area (Å²) in [6.07, 6.45) is 2.41. The van der Waals surface area contributed by atoms with E-state index in [0.717, 1.165) is 38.8 Å². The molecule has 0 aliphatic carbocycles. The molecule has 23 heavy (non-hydrogen) atoms. The van der Waals surface area contributed by atoms with Crippen LogP contribution in [-0.4, -0.2) is 88.4 Å². The lowest BCUT2D eigenvalue weighted by Gasteiger charge is -2.51. The lowest BCUT2D eigenvalue weighted by atomic mass is 9.80. The molecule has 0 aromatic rings. The third kappa shape index (κ3) is 4.99. The summed E-state index contributed by atoms with van der Waals surface area (Å²) >= 11 is 0. The Bertz CT molecular complexity index is 402. The second kappa shape index (κ2) is 8.22. The lowest BCUT2D eigenvalue weighted by molar-refractivity contribution is -0.0241. The van der Waals surface area contributed by atoms with Crippen molar-refractivity contribution in [2.75, 3.05) is 60.0 Å². The van der Waals surface area contributed by atoms with Crippen molar-refractivity contribution < 1.29 is 4.74 Å². The first-order valence-electron chi connectivity index (χ1n) is 8.67. The second-order valence-electron chi connectivity index (χ2n) is 7.52. The molecule has 2 aliphatic heterocycles. The third-order valence-corrected chi connectivity index (χ3v) is 5.09. The predicted octanol–water partition coefficient (Wildman–Crippen LogP) is 0.933.